The monoisotopic (exact) mass is 307 g/mol. The Hall–Kier alpha value is -1.46. The number of hydrogen-bond donors (Lipinski definition) is 2. The minimum atomic E-state index is -0.100. The van der Waals surface area contributed by atoms with Crippen molar-refractivity contribution in [1.29, 1.82) is 0 Å². The molecule has 5 heteroatoms. The van der Waals surface area contributed by atoms with Crippen molar-refractivity contribution in [1.82, 2.24) is 15.3 Å². The first kappa shape index (κ1) is 13.0. The van der Waals surface area contributed by atoms with Crippen LogP contribution in [0.3, 0.4) is 0 Å². The predicted molar refractivity (Wildman–Crippen MR) is 75.4 cm³/mol. The molecule has 94 valence electrons. The third-order valence-electron chi connectivity index (χ3n) is 2.57. The number of benzene rings is 1. The lowest BCUT2D eigenvalue weighted by atomic mass is 10.2. The van der Waals surface area contributed by atoms with Gasteiger partial charge < -0.3 is 10.3 Å². The smallest absolute Gasteiger partial charge is 0.255 e. The molecule has 0 saturated heterocycles. The van der Waals surface area contributed by atoms with E-state index in [9.17, 15) is 4.79 Å². The van der Waals surface area contributed by atoms with Crippen molar-refractivity contribution >= 4 is 15.9 Å². The van der Waals surface area contributed by atoms with Crippen LogP contribution < -0.4 is 10.9 Å². The van der Waals surface area contributed by atoms with E-state index in [-0.39, 0.29) is 5.56 Å². The van der Waals surface area contributed by atoms with E-state index in [4.69, 9.17) is 0 Å². The second-order valence-electron chi connectivity index (χ2n) is 3.85. The van der Waals surface area contributed by atoms with Crippen molar-refractivity contribution < 1.29 is 0 Å². The summed E-state index contributed by atoms with van der Waals surface area (Å²) in [7, 11) is 0. The van der Waals surface area contributed by atoms with Crippen molar-refractivity contribution in [3.8, 4) is 11.4 Å². The van der Waals surface area contributed by atoms with E-state index >= 15 is 0 Å². The topological polar surface area (TPSA) is 57.8 Å². The maximum atomic E-state index is 11.9. The Bertz CT molecular complexity index is 595. The predicted octanol–water partition coefficient (Wildman–Crippen LogP) is 2.31. The van der Waals surface area contributed by atoms with Gasteiger partial charge in [-0.1, -0.05) is 41.1 Å². The first-order chi connectivity index (χ1) is 8.72. The van der Waals surface area contributed by atoms with Crippen LogP contribution in [0.1, 0.15) is 12.5 Å². The Labute approximate surface area is 114 Å². The van der Waals surface area contributed by atoms with Gasteiger partial charge in [0.05, 0.1) is 0 Å². The molecule has 0 fully saturated rings. The number of H-pyrrole nitrogens is 1. The van der Waals surface area contributed by atoms with Crippen LogP contribution in [-0.2, 0) is 6.54 Å². The van der Waals surface area contributed by atoms with Gasteiger partial charge in [-0.15, -0.1) is 0 Å². The number of halogens is 1. The Morgan fingerprint density at radius 3 is 2.83 bits per heavy atom. The fraction of sp³-hybridized carbons (Fsp3) is 0.231. The number of nitrogens with zero attached hydrogens (tertiary/aromatic N) is 1. The largest absolute Gasteiger partial charge is 0.313 e. The SMILES string of the molecule is CCNCc1cnc(-c2ccccc2Br)[nH]c1=O. The summed E-state index contributed by atoms with van der Waals surface area (Å²) in [5.41, 5.74) is 1.42. The third-order valence-corrected chi connectivity index (χ3v) is 3.26. The number of aromatic amines is 1. The van der Waals surface area contributed by atoms with Crippen molar-refractivity contribution in [3.05, 3.63) is 50.9 Å². The lowest BCUT2D eigenvalue weighted by Gasteiger charge is -2.05. The average molecular weight is 308 g/mol. The minimum absolute atomic E-state index is 0.100. The molecule has 0 radical (unpaired) electrons. The molecule has 0 aliphatic carbocycles. The summed E-state index contributed by atoms with van der Waals surface area (Å²) in [6.07, 6.45) is 1.62. The van der Waals surface area contributed by atoms with Crippen LogP contribution in [0, 0.1) is 0 Å². The summed E-state index contributed by atoms with van der Waals surface area (Å²) in [6, 6.07) is 7.66. The van der Waals surface area contributed by atoms with Gasteiger partial charge in [0, 0.05) is 28.3 Å². The molecule has 2 rings (SSSR count). The van der Waals surface area contributed by atoms with E-state index < -0.39 is 0 Å². The van der Waals surface area contributed by atoms with Crippen molar-refractivity contribution in [2.45, 2.75) is 13.5 Å². The van der Waals surface area contributed by atoms with Gasteiger partial charge in [0.1, 0.15) is 5.82 Å². The molecule has 18 heavy (non-hydrogen) atoms. The fourth-order valence-electron chi connectivity index (χ4n) is 1.60. The highest BCUT2D eigenvalue weighted by Gasteiger charge is 2.06. The summed E-state index contributed by atoms with van der Waals surface area (Å²) in [5, 5.41) is 3.11. The van der Waals surface area contributed by atoms with Gasteiger partial charge >= 0.3 is 0 Å². The van der Waals surface area contributed by atoms with E-state index in [0.29, 0.717) is 17.9 Å². The molecule has 2 aromatic rings. The molecule has 0 unspecified atom stereocenters. The van der Waals surface area contributed by atoms with E-state index in [1.807, 2.05) is 31.2 Å². The lowest BCUT2D eigenvalue weighted by Crippen LogP contribution is -2.21. The zero-order valence-electron chi connectivity index (χ0n) is 10.0. The molecule has 0 amide bonds. The normalized spacial score (nSPS) is 10.6. The first-order valence-electron chi connectivity index (χ1n) is 5.76. The summed E-state index contributed by atoms with van der Waals surface area (Å²) < 4.78 is 0.910. The second kappa shape index (κ2) is 5.93. The molecular weight excluding hydrogens is 294 g/mol. The van der Waals surface area contributed by atoms with Crippen LogP contribution in [0.2, 0.25) is 0 Å². The Morgan fingerprint density at radius 1 is 1.39 bits per heavy atom. The maximum Gasteiger partial charge on any atom is 0.255 e. The molecule has 1 aromatic carbocycles. The van der Waals surface area contributed by atoms with Crippen molar-refractivity contribution in [2.75, 3.05) is 6.54 Å². The number of aromatic nitrogens is 2. The van der Waals surface area contributed by atoms with E-state index in [1.165, 1.54) is 0 Å². The van der Waals surface area contributed by atoms with Crippen molar-refractivity contribution in [3.63, 3.8) is 0 Å². The maximum absolute atomic E-state index is 11.9. The molecule has 0 atom stereocenters. The summed E-state index contributed by atoms with van der Waals surface area (Å²) in [4.78, 5) is 19.0. The summed E-state index contributed by atoms with van der Waals surface area (Å²) in [6.45, 7) is 3.36. The average Bonchev–Trinajstić information content (AvgIpc) is 2.38. The zero-order valence-corrected chi connectivity index (χ0v) is 11.6. The van der Waals surface area contributed by atoms with Crippen LogP contribution >= 0.6 is 15.9 Å². The molecule has 0 spiro atoms. The molecule has 0 aliphatic heterocycles. The molecule has 4 nitrogen and oxygen atoms in total. The molecule has 2 N–H and O–H groups in total. The quantitative estimate of drug-likeness (QED) is 0.911. The van der Waals surface area contributed by atoms with Gasteiger partial charge in [0.15, 0.2) is 0 Å². The summed E-state index contributed by atoms with van der Waals surface area (Å²) >= 11 is 3.44. The van der Waals surface area contributed by atoms with Gasteiger partial charge in [-0.25, -0.2) is 4.98 Å². The standard InChI is InChI=1S/C13H14BrN3O/c1-2-15-7-9-8-16-12(17-13(9)18)10-5-3-4-6-11(10)14/h3-6,8,15H,2,7H2,1H3,(H,16,17,18). The second-order valence-corrected chi connectivity index (χ2v) is 4.70. The molecule has 0 bridgehead atoms. The third kappa shape index (κ3) is 2.86. The summed E-state index contributed by atoms with van der Waals surface area (Å²) in [5.74, 6) is 0.577. The number of nitrogens with one attached hydrogen (secondary N) is 2. The molecular formula is C13H14BrN3O. The van der Waals surface area contributed by atoms with Crippen LogP contribution in [0.25, 0.3) is 11.4 Å². The van der Waals surface area contributed by atoms with Gasteiger partial charge in [0.2, 0.25) is 0 Å². The highest BCUT2D eigenvalue weighted by Crippen LogP contribution is 2.23. The minimum Gasteiger partial charge on any atom is -0.313 e. The number of rotatable bonds is 4. The van der Waals surface area contributed by atoms with E-state index in [1.54, 1.807) is 6.20 Å². The van der Waals surface area contributed by atoms with Crippen LogP contribution in [0.5, 0.6) is 0 Å². The first-order valence-corrected chi connectivity index (χ1v) is 6.55. The van der Waals surface area contributed by atoms with Crippen LogP contribution in [-0.4, -0.2) is 16.5 Å². The molecule has 1 aromatic heterocycles. The van der Waals surface area contributed by atoms with E-state index in [0.717, 1.165) is 16.6 Å². The van der Waals surface area contributed by atoms with E-state index in [2.05, 4.69) is 31.2 Å². The number of hydrogen-bond acceptors (Lipinski definition) is 3. The molecule has 0 aliphatic rings. The molecule has 1 heterocycles. The van der Waals surface area contributed by atoms with Crippen LogP contribution in [0.15, 0.2) is 39.7 Å². The van der Waals surface area contributed by atoms with Gasteiger partial charge in [0.25, 0.3) is 5.56 Å². The van der Waals surface area contributed by atoms with Gasteiger partial charge in [-0.05, 0) is 12.6 Å². The van der Waals surface area contributed by atoms with Gasteiger partial charge in [-0.3, -0.25) is 4.79 Å². The Morgan fingerprint density at radius 2 is 2.17 bits per heavy atom. The fourth-order valence-corrected chi connectivity index (χ4v) is 2.07. The Balaban J connectivity index is 2.35. The molecule has 0 saturated carbocycles. The lowest BCUT2D eigenvalue weighted by molar-refractivity contribution is 0.716. The Kier molecular flexibility index (Phi) is 4.28. The highest BCUT2D eigenvalue weighted by molar-refractivity contribution is 9.10. The van der Waals surface area contributed by atoms with Crippen LogP contribution in [0.4, 0.5) is 0 Å². The zero-order chi connectivity index (χ0) is 13.0. The van der Waals surface area contributed by atoms with Gasteiger partial charge in [-0.2, -0.15) is 0 Å². The highest BCUT2D eigenvalue weighted by atomic mass is 79.9. The van der Waals surface area contributed by atoms with Crippen molar-refractivity contribution in [2.24, 2.45) is 0 Å².